The van der Waals surface area contributed by atoms with E-state index in [1.807, 2.05) is 239 Å². The van der Waals surface area contributed by atoms with Gasteiger partial charge in [-0.05, 0) is 163 Å². The number of fused-ring (bicyclic) bond motifs is 6. The van der Waals surface area contributed by atoms with Crippen molar-refractivity contribution in [1.82, 2.24) is 82.6 Å². The molecule has 0 saturated carbocycles. The zero-order valence-electron chi connectivity index (χ0n) is 77.5. The van der Waals surface area contributed by atoms with E-state index in [2.05, 4.69) is 90.0 Å². The first-order valence-electron chi connectivity index (χ1n) is 43.5. The molecule has 10 heterocycles. The number of hydrogen-bond donors (Lipinski definition) is 6. The fourth-order valence-electron chi connectivity index (χ4n) is 15.3. The minimum absolute atomic E-state index is 0.0322. The molecule has 3 unspecified atom stereocenters. The number of ether oxygens (including phenoxy) is 6. The summed E-state index contributed by atoms with van der Waals surface area (Å²) in [6, 6.07) is 71.7. The third-order valence-corrected chi connectivity index (χ3v) is 23.6. The number of amides is 1. The lowest BCUT2D eigenvalue weighted by molar-refractivity contribution is -0.252. The van der Waals surface area contributed by atoms with Crippen molar-refractivity contribution in [1.29, 1.82) is 0 Å². The second-order valence-electron chi connectivity index (χ2n) is 31.2. The Labute approximate surface area is 834 Å². The molecular weight excluding hydrogens is 1920 g/mol. The second kappa shape index (κ2) is 47.5. The summed E-state index contributed by atoms with van der Waals surface area (Å²) in [5.74, 6) is 2.60. The van der Waals surface area contributed by atoms with Crippen molar-refractivity contribution >= 4 is 147 Å². The van der Waals surface area contributed by atoms with Gasteiger partial charge in [-0.15, -0.1) is 0 Å². The molecule has 0 bridgehead atoms. The Kier molecular flexibility index (Phi) is 34.1. The maximum Gasteiger partial charge on any atom is 0.285 e. The summed E-state index contributed by atoms with van der Waals surface area (Å²) in [6.07, 6.45) is 9.58. The smallest absolute Gasteiger partial charge is 0.285 e. The Balaban J connectivity index is 0.000000143. The molecule has 0 aliphatic rings. The number of anilines is 3. The van der Waals surface area contributed by atoms with Crippen LogP contribution in [0.4, 0.5) is 17.5 Å². The number of rotatable bonds is 24. The first kappa shape index (κ1) is 102. The van der Waals surface area contributed by atoms with Gasteiger partial charge in [-0.3, -0.25) is 47.3 Å². The van der Waals surface area contributed by atoms with Crippen LogP contribution < -0.4 is 75.0 Å². The monoisotopic (exact) mass is 2010 g/mol. The SMILES string of the molecule is CC(N)c1cc2cccc(Cl)c2c(=O)n1-c1ccccc1.CC(Nc1ncnc2nc[nH]c(=O)c12)c1cc2cccc(Cl)c2c(=O)n1-c1ccccc1.COC(OC)OC.COc1ccc(CNc2ncnc(Cl)c2C(N)=O)cc1.COc1ccc(Cn2cnc(=O)c3c(Cl)ncnc32)cc1.COc1ccc(Cn2cnc(=O)c3c(NC(C)c4cc5cccc(Cl)c5c(=O)n4-c4ccccc4)ncnc32)cc1. The fourth-order valence-corrected chi connectivity index (χ4v) is 16.5. The van der Waals surface area contributed by atoms with E-state index in [0.717, 1.165) is 61.5 Å². The molecule has 8 N–H and O–H groups in total. The van der Waals surface area contributed by atoms with Crippen molar-refractivity contribution in [2.24, 2.45) is 11.5 Å². The Morgan fingerprint density at radius 3 is 1.18 bits per heavy atom. The lowest BCUT2D eigenvalue weighted by Crippen LogP contribution is -2.26. The van der Waals surface area contributed by atoms with E-state index < -0.39 is 35.6 Å². The van der Waals surface area contributed by atoms with Gasteiger partial charge in [0, 0.05) is 68.1 Å². The zero-order chi connectivity index (χ0) is 101. The molecule has 19 aromatic rings. The first-order chi connectivity index (χ1) is 68.7. The highest BCUT2D eigenvalue weighted by molar-refractivity contribution is 6.36. The van der Waals surface area contributed by atoms with E-state index in [1.54, 1.807) is 62.4 Å². The summed E-state index contributed by atoms with van der Waals surface area (Å²) >= 11 is 30.8. The number of nitrogens with zero attached hydrogens (tertiary/aromatic N) is 16. The largest absolute Gasteiger partial charge is 0.497 e. The molecule has 10 aromatic heterocycles. The number of pyridine rings is 3. The van der Waals surface area contributed by atoms with Crippen LogP contribution in [-0.2, 0) is 33.8 Å². The quantitative estimate of drug-likeness (QED) is 0.0242. The fraction of sp³-hybridized carbons (Fsp3) is 0.157. The van der Waals surface area contributed by atoms with Crippen LogP contribution in [-0.4, -0.2) is 138 Å². The molecule has 142 heavy (non-hydrogen) atoms. The summed E-state index contributed by atoms with van der Waals surface area (Å²) in [4.78, 5) is 136. The van der Waals surface area contributed by atoms with Crippen LogP contribution in [0.1, 0.15) is 83.0 Å². The number of aromatic nitrogens is 17. The van der Waals surface area contributed by atoms with Gasteiger partial charge in [0.25, 0.3) is 45.7 Å². The molecule has 0 saturated heterocycles. The molecule has 9 aromatic carbocycles. The lowest BCUT2D eigenvalue weighted by atomic mass is 10.1. The maximum atomic E-state index is 13.8. The Bertz CT molecular complexity index is 8110. The lowest BCUT2D eigenvalue weighted by Gasteiger charge is -2.22. The van der Waals surface area contributed by atoms with Gasteiger partial charge in [-0.1, -0.05) is 185 Å². The Hall–Kier alpha value is -16.1. The summed E-state index contributed by atoms with van der Waals surface area (Å²) < 4.78 is 37.7. The molecule has 0 aliphatic carbocycles. The number of H-pyrrole nitrogens is 1. The van der Waals surface area contributed by atoms with Crippen molar-refractivity contribution in [3.05, 3.63) is 408 Å². The van der Waals surface area contributed by atoms with Crippen molar-refractivity contribution in [2.75, 3.05) is 58.6 Å². The highest BCUT2D eigenvalue weighted by Crippen LogP contribution is 2.33. The van der Waals surface area contributed by atoms with E-state index in [-0.39, 0.29) is 66.0 Å². The predicted octanol–water partition coefficient (Wildman–Crippen LogP) is 16.8. The number of aromatic amines is 1. The number of nitrogens with one attached hydrogen (secondary N) is 4. The zero-order valence-corrected chi connectivity index (χ0v) is 81.3. The van der Waals surface area contributed by atoms with E-state index in [0.29, 0.717) is 102 Å². The summed E-state index contributed by atoms with van der Waals surface area (Å²) in [5.41, 5.74) is 18.1. The van der Waals surface area contributed by atoms with E-state index in [1.165, 1.54) is 65.6 Å². The molecule has 0 spiro atoms. The molecule has 35 nitrogen and oxygen atoms in total. The van der Waals surface area contributed by atoms with Gasteiger partial charge in [0.2, 0.25) is 0 Å². The van der Waals surface area contributed by atoms with E-state index in [4.69, 9.17) is 83.7 Å². The number of carbonyl (C=O) groups excluding carboxylic acids is 1. The van der Waals surface area contributed by atoms with Crippen LogP contribution in [0.5, 0.6) is 17.2 Å². The van der Waals surface area contributed by atoms with Gasteiger partial charge < -0.3 is 70.0 Å². The number of para-hydroxylation sites is 3. The number of benzene rings is 9. The molecule has 0 radical (unpaired) electrons. The van der Waals surface area contributed by atoms with Crippen LogP contribution in [0.2, 0.25) is 25.4 Å². The molecule has 3 atom stereocenters. The molecule has 0 fully saturated rings. The van der Waals surface area contributed by atoms with Gasteiger partial charge in [0.1, 0.15) is 105 Å². The number of carbonyl (C=O) groups is 1. The van der Waals surface area contributed by atoms with Crippen LogP contribution in [0.3, 0.4) is 0 Å². The Morgan fingerprint density at radius 1 is 0.394 bits per heavy atom. The van der Waals surface area contributed by atoms with Crippen molar-refractivity contribution in [3.8, 4) is 34.3 Å². The second-order valence-corrected chi connectivity index (χ2v) is 33.1. The number of methoxy groups -OCH3 is 6. The van der Waals surface area contributed by atoms with Gasteiger partial charge in [0.15, 0.2) is 16.9 Å². The highest BCUT2D eigenvalue weighted by Gasteiger charge is 2.25. The molecular formula is C102H91Cl5N22O13. The molecule has 0 aliphatic heterocycles. The first-order valence-corrected chi connectivity index (χ1v) is 45.4. The molecule has 722 valence electrons. The van der Waals surface area contributed by atoms with Crippen molar-refractivity contribution in [2.45, 2.75) is 65.0 Å². The summed E-state index contributed by atoms with van der Waals surface area (Å²) in [5, 5.41) is 15.4. The minimum atomic E-state index is -0.673. The van der Waals surface area contributed by atoms with Gasteiger partial charge in [-0.25, -0.2) is 44.9 Å². The summed E-state index contributed by atoms with van der Waals surface area (Å²) in [7, 11) is 9.38. The third kappa shape index (κ3) is 23.7. The van der Waals surface area contributed by atoms with Crippen LogP contribution in [0.25, 0.3) is 82.5 Å². The third-order valence-electron chi connectivity index (χ3n) is 22.1. The molecule has 1 amide bonds. The predicted molar refractivity (Wildman–Crippen MR) is 551 cm³/mol. The summed E-state index contributed by atoms with van der Waals surface area (Å²) in [6.45, 7) is 6.58. The van der Waals surface area contributed by atoms with Gasteiger partial charge >= 0.3 is 0 Å². The van der Waals surface area contributed by atoms with Crippen LogP contribution in [0.15, 0.2) is 310 Å². The standard InChI is InChI=1S/C31H25ClN6O3.C23H17ClN6O2.C17H15ClN2O.C14H11ClN4O2.C13H13ClN4O2.C4H10O3/c1-19(25-15-21-7-6-10-24(32)26(21)31(40)38(25)22-8-4-3-5-9-22)36-28-27-29(34-17-33-28)37(18-35-30(27)39)16-20-11-13-23(41-2)14-12-20;1-13(29-21-19-20(25-11-27-21)26-12-28-22(19)31)17-10-14-6-5-9-16(24)18(14)23(32)30(17)15-7-3-2-4-8-15;1-11(19)15-10-12-6-5-9-14(18)16(12)17(21)20(15)13-7-3-2-4-8-13;1-21-10-4-2-9(3-5-10)6-19-8-18-14(20)11-12(15)16-7-17-13(11)19;1-20-9-4-2-8(3-5-9)6-16-13-10(12(15)19)11(14)17-7-18-13;1-5-4(6-2)7-3/h3-15,17-19H,16H2,1-2H3,(H,33,34,36);2-13H,1H3,(H2,25,26,27,28,29,31);2-11H,19H2,1H3;2-5,7-8H,6H2,1H3;2-5,7H,6H2,1H3,(H2,15,19)(H,16,17,18);4H,1-3H3. The molecule has 40 heteroatoms. The van der Waals surface area contributed by atoms with Crippen LogP contribution in [0, 0.1) is 0 Å². The average molecular weight is 2010 g/mol. The van der Waals surface area contributed by atoms with E-state index >= 15 is 0 Å². The van der Waals surface area contributed by atoms with Gasteiger partial charge in [0.05, 0.1) is 84.1 Å². The van der Waals surface area contributed by atoms with Crippen molar-refractivity contribution in [3.63, 3.8) is 0 Å². The highest BCUT2D eigenvalue weighted by atomic mass is 35.5. The number of primary amides is 1. The maximum absolute atomic E-state index is 13.8. The van der Waals surface area contributed by atoms with Crippen molar-refractivity contribution < 1.29 is 33.2 Å². The number of hydrogen-bond acceptors (Lipinski definition) is 28. The van der Waals surface area contributed by atoms with E-state index in [9.17, 15) is 33.6 Å². The van der Waals surface area contributed by atoms with Gasteiger partial charge in [-0.2, -0.15) is 9.97 Å². The molecule has 19 rings (SSSR count). The topological polar surface area (TPSA) is 445 Å². The van der Waals surface area contributed by atoms with Crippen LogP contribution >= 0.6 is 58.0 Å². The minimum Gasteiger partial charge on any atom is -0.497 e. The number of nitrogens with two attached hydrogens (primary N) is 2. The average Bonchev–Trinajstić information content (AvgIpc) is 0.761. The normalized spacial score (nSPS) is 11.6. The number of halogens is 5. The Morgan fingerprint density at radius 2 is 0.768 bits per heavy atom.